The Morgan fingerprint density at radius 2 is 2.16 bits per heavy atom. The molecule has 4 aromatic heterocycles. The van der Waals surface area contributed by atoms with Crippen LogP contribution in [0.15, 0.2) is 54.7 Å². The molecule has 0 unspecified atom stereocenters. The first-order valence-corrected chi connectivity index (χ1v) is 11.4. The van der Waals surface area contributed by atoms with Gasteiger partial charge in [-0.2, -0.15) is 0 Å². The fraction of sp³-hybridized carbons (Fsp3) is 0.238. The molecule has 0 saturated heterocycles. The lowest BCUT2D eigenvalue weighted by molar-refractivity contribution is -0.402. The summed E-state index contributed by atoms with van der Waals surface area (Å²) in [6.45, 7) is 0.280. The Morgan fingerprint density at radius 3 is 2.94 bits per heavy atom. The van der Waals surface area contributed by atoms with E-state index in [-0.39, 0.29) is 18.0 Å². The molecular weight excluding hydrogens is 438 g/mol. The normalized spacial score (nSPS) is 13.8. The van der Waals surface area contributed by atoms with Gasteiger partial charge in [-0.25, -0.2) is 4.98 Å². The molecule has 0 radical (unpaired) electrons. The minimum atomic E-state index is -0.584. The van der Waals surface area contributed by atoms with Crippen LogP contribution in [0.5, 0.6) is 0 Å². The van der Waals surface area contributed by atoms with Gasteiger partial charge in [0.05, 0.1) is 24.3 Å². The van der Waals surface area contributed by atoms with Gasteiger partial charge in [-0.05, 0) is 60.9 Å². The van der Waals surface area contributed by atoms with Gasteiger partial charge in [-0.1, -0.05) is 11.8 Å². The Labute approximate surface area is 184 Å². The van der Waals surface area contributed by atoms with Crippen molar-refractivity contribution < 1.29 is 13.8 Å². The van der Waals surface area contributed by atoms with E-state index in [9.17, 15) is 14.9 Å². The van der Waals surface area contributed by atoms with Gasteiger partial charge in [0.15, 0.2) is 5.16 Å². The van der Waals surface area contributed by atoms with E-state index in [0.29, 0.717) is 16.7 Å². The minimum Gasteiger partial charge on any atom is -0.467 e. The highest BCUT2D eigenvalue weighted by Gasteiger charge is 2.22. The van der Waals surface area contributed by atoms with Crippen molar-refractivity contribution in [3.63, 3.8) is 0 Å². The lowest BCUT2D eigenvalue weighted by atomic mass is 9.97. The number of nitro groups is 1. The summed E-state index contributed by atoms with van der Waals surface area (Å²) in [5.74, 6) is 0.703. The molecule has 0 aliphatic heterocycles. The Balaban J connectivity index is 1.54. The molecule has 0 aromatic carbocycles. The maximum absolute atomic E-state index is 13.5. The standard InChI is InChI=1S/C21H17N3O5S2/c25-20-18-15-5-1-2-6-16(15)31-19(18)22-21(23(20)12-14-4-3-10-28-14)30-11-9-13-7-8-17(29-13)24(26)27/h3-4,7-11H,1-2,5-6,12H2/b11-9+. The third-order valence-corrected chi connectivity index (χ3v) is 7.11. The van der Waals surface area contributed by atoms with Crippen LogP contribution in [0.4, 0.5) is 5.88 Å². The molecule has 8 nitrogen and oxygen atoms in total. The lowest BCUT2D eigenvalue weighted by Gasteiger charge is -2.12. The molecule has 1 aliphatic rings. The zero-order valence-corrected chi connectivity index (χ0v) is 17.9. The maximum atomic E-state index is 13.5. The van der Waals surface area contributed by atoms with Gasteiger partial charge in [0.2, 0.25) is 0 Å². The average molecular weight is 456 g/mol. The number of thiophene rings is 1. The molecule has 10 heteroatoms. The molecule has 1 aliphatic carbocycles. The molecule has 4 aromatic rings. The van der Waals surface area contributed by atoms with E-state index in [1.165, 1.54) is 28.8 Å². The third kappa shape index (κ3) is 3.84. The lowest BCUT2D eigenvalue weighted by Crippen LogP contribution is -2.24. The van der Waals surface area contributed by atoms with E-state index < -0.39 is 4.92 Å². The summed E-state index contributed by atoms with van der Waals surface area (Å²) in [5, 5.41) is 13.7. The number of thioether (sulfide) groups is 1. The number of nitrogens with zero attached hydrogens (tertiary/aromatic N) is 3. The van der Waals surface area contributed by atoms with Gasteiger partial charge in [-0.15, -0.1) is 11.3 Å². The number of furan rings is 2. The van der Waals surface area contributed by atoms with Crippen molar-refractivity contribution in [2.75, 3.05) is 0 Å². The number of fused-ring (bicyclic) bond motifs is 3. The first kappa shape index (κ1) is 19.8. The zero-order chi connectivity index (χ0) is 21.4. The summed E-state index contributed by atoms with van der Waals surface area (Å²) in [6.07, 6.45) is 7.33. The molecular formula is C21H17N3O5S2. The summed E-state index contributed by atoms with van der Waals surface area (Å²) in [5.41, 5.74) is 1.08. The van der Waals surface area contributed by atoms with E-state index >= 15 is 0 Å². The highest BCUT2D eigenvalue weighted by molar-refractivity contribution is 8.02. The van der Waals surface area contributed by atoms with Crippen molar-refractivity contribution in [3.8, 4) is 0 Å². The topological polar surface area (TPSA) is 104 Å². The van der Waals surface area contributed by atoms with Crippen LogP contribution >= 0.6 is 23.1 Å². The Morgan fingerprint density at radius 1 is 1.29 bits per heavy atom. The highest BCUT2D eigenvalue weighted by Crippen LogP contribution is 2.35. The van der Waals surface area contributed by atoms with Gasteiger partial charge >= 0.3 is 5.88 Å². The van der Waals surface area contributed by atoms with Crippen LogP contribution in [0.2, 0.25) is 0 Å². The summed E-state index contributed by atoms with van der Waals surface area (Å²) >= 11 is 2.87. The molecule has 0 N–H and O–H groups in total. The Kier molecular flexibility index (Phi) is 5.24. The summed E-state index contributed by atoms with van der Waals surface area (Å²) in [6, 6.07) is 6.44. The van der Waals surface area contributed by atoms with Gasteiger partial charge in [0.1, 0.15) is 21.3 Å². The fourth-order valence-electron chi connectivity index (χ4n) is 3.70. The molecule has 0 bridgehead atoms. The third-order valence-electron chi connectivity index (χ3n) is 5.13. The van der Waals surface area contributed by atoms with Crippen LogP contribution in [-0.4, -0.2) is 14.5 Å². The van der Waals surface area contributed by atoms with Crippen molar-refractivity contribution in [1.82, 2.24) is 9.55 Å². The molecule has 0 amide bonds. The van der Waals surface area contributed by atoms with E-state index in [0.717, 1.165) is 41.5 Å². The van der Waals surface area contributed by atoms with Crippen molar-refractivity contribution in [1.29, 1.82) is 0 Å². The second-order valence-electron chi connectivity index (χ2n) is 7.11. The monoisotopic (exact) mass is 455 g/mol. The Bertz CT molecular complexity index is 1350. The van der Waals surface area contributed by atoms with E-state index in [1.54, 1.807) is 39.7 Å². The predicted molar refractivity (Wildman–Crippen MR) is 119 cm³/mol. The van der Waals surface area contributed by atoms with E-state index in [4.69, 9.17) is 13.8 Å². The minimum absolute atomic E-state index is 0.0645. The average Bonchev–Trinajstić information content (AvgIpc) is 3.50. The summed E-state index contributed by atoms with van der Waals surface area (Å²) < 4.78 is 12.2. The van der Waals surface area contributed by atoms with E-state index in [2.05, 4.69) is 0 Å². The summed E-state index contributed by atoms with van der Waals surface area (Å²) in [7, 11) is 0. The molecule has 5 rings (SSSR count). The first-order valence-electron chi connectivity index (χ1n) is 9.75. The van der Waals surface area contributed by atoms with Crippen LogP contribution in [0.1, 0.15) is 34.8 Å². The van der Waals surface area contributed by atoms with Crippen LogP contribution in [0, 0.1) is 10.1 Å². The first-order chi connectivity index (χ1) is 15.1. The molecule has 31 heavy (non-hydrogen) atoms. The number of aromatic nitrogens is 2. The van der Waals surface area contributed by atoms with Crippen molar-refractivity contribution in [2.24, 2.45) is 0 Å². The number of aryl methyl sites for hydroxylation is 2. The quantitative estimate of drug-likeness (QED) is 0.169. The van der Waals surface area contributed by atoms with Gasteiger partial charge in [0.25, 0.3) is 5.56 Å². The fourth-order valence-corrected chi connectivity index (χ4v) is 5.75. The van der Waals surface area contributed by atoms with Crippen molar-refractivity contribution >= 4 is 45.3 Å². The molecule has 0 saturated carbocycles. The molecule has 0 spiro atoms. The van der Waals surface area contributed by atoms with Gasteiger partial charge in [0, 0.05) is 4.88 Å². The van der Waals surface area contributed by atoms with Gasteiger partial charge < -0.3 is 8.83 Å². The predicted octanol–water partition coefficient (Wildman–Crippen LogP) is 5.24. The number of hydrogen-bond donors (Lipinski definition) is 0. The highest BCUT2D eigenvalue weighted by atomic mass is 32.2. The van der Waals surface area contributed by atoms with Crippen LogP contribution in [-0.2, 0) is 19.4 Å². The molecule has 4 heterocycles. The molecule has 158 valence electrons. The SMILES string of the molecule is O=c1c2c3c(sc2nc(S/C=C/c2ccc([N+](=O)[O-])o2)n1Cc1ccco1)CCCC3. The summed E-state index contributed by atoms with van der Waals surface area (Å²) in [4.78, 5) is 30.5. The van der Waals surface area contributed by atoms with Gasteiger partial charge in [-0.3, -0.25) is 19.5 Å². The smallest absolute Gasteiger partial charge is 0.433 e. The van der Waals surface area contributed by atoms with E-state index in [1.807, 2.05) is 6.07 Å². The molecule has 0 fully saturated rings. The second kappa shape index (κ2) is 8.20. The van der Waals surface area contributed by atoms with Crippen LogP contribution in [0.3, 0.4) is 0 Å². The number of hydrogen-bond acceptors (Lipinski definition) is 8. The van der Waals surface area contributed by atoms with Crippen molar-refractivity contribution in [3.05, 3.63) is 78.4 Å². The number of rotatable bonds is 6. The second-order valence-corrected chi connectivity index (χ2v) is 9.07. The Hall–Kier alpha value is -3.11. The zero-order valence-electron chi connectivity index (χ0n) is 16.3. The van der Waals surface area contributed by atoms with Crippen molar-refractivity contribution in [2.45, 2.75) is 37.4 Å². The van der Waals surface area contributed by atoms with Crippen LogP contribution < -0.4 is 5.56 Å². The van der Waals surface area contributed by atoms with Crippen LogP contribution in [0.25, 0.3) is 16.3 Å². The largest absolute Gasteiger partial charge is 0.467 e. The maximum Gasteiger partial charge on any atom is 0.433 e. The molecule has 0 atom stereocenters.